The molecule has 1 N–H and O–H groups in total. The van der Waals surface area contributed by atoms with E-state index < -0.39 is 6.10 Å². The van der Waals surface area contributed by atoms with Crippen LogP contribution in [0.2, 0.25) is 0 Å². The van der Waals surface area contributed by atoms with Gasteiger partial charge in [0.15, 0.2) is 23.0 Å². The van der Waals surface area contributed by atoms with Crippen LogP contribution in [0.1, 0.15) is 29.0 Å². The molecule has 0 saturated carbocycles. The third kappa shape index (κ3) is 2.61. The van der Waals surface area contributed by atoms with Crippen LogP contribution in [-0.2, 0) is 6.42 Å². The van der Waals surface area contributed by atoms with Crippen LogP contribution in [0.3, 0.4) is 0 Å². The van der Waals surface area contributed by atoms with E-state index in [0.29, 0.717) is 23.7 Å². The summed E-state index contributed by atoms with van der Waals surface area (Å²) in [4.78, 5) is 0. The van der Waals surface area contributed by atoms with Crippen molar-refractivity contribution in [3.8, 4) is 28.7 Å². The summed E-state index contributed by atoms with van der Waals surface area (Å²) in [6, 6.07) is 7.80. The lowest BCUT2D eigenvalue weighted by Gasteiger charge is -2.31. The van der Waals surface area contributed by atoms with Crippen LogP contribution >= 0.6 is 0 Å². The first kappa shape index (κ1) is 16.8. The molecule has 0 amide bonds. The first-order chi connectivity index (χ1) is 12.7. The summed E-state index contributed by atoms with van der Waals surface area (Å²) >= 11 is 0. The number of aliphatic hydroxyl groups excluding tert-OH is 1. The zero-order valence-electron chi connectivity index (χ0n) is 15.1. The number of aryl methyl sites for hydroxylation is 1. The average molecular weight is 358 g/mol. The fourth-order valence-corrected chi connectivity index (χ4v) is 3.87. The van der Waals surface area contributed by atoms with Gasteiger partial charge in [0.1, 0.15) is 0 Å². The molecule has 6 nitrogen and oxygen atoms in total. The lowest BCUT2D eigenvalue weighted by atomic mass is 9.76. The van der Waals surface area contributed by atoms with Gasteiger partial charge in [0, 0.05) is 5.92 Å². The molecule has 0 fully saturated rings. The van der Waals surface area contributed by atoms with Crippen LogP contribution in [-0.4, -0.2) is 39.3 Å². The van der Waals surface area contributed by atoms with Crippen LogP contribution in [0.15, 0.2) is 24.3 Å². The predicted molar refractivity (Wildman–Crippen MR) is 94.8 cm³/mol. The van der Waals surface area contributed by atoms with Crippen LogP contribution in [0, 0.1) is 0 Å². The van der Waals surface area contributed by atoms with E-state index in [9.17, 15) is 5.11 Å². The number of benzene rings is 2. The summed E-state index contributed by atoms with van der Waals surface area (Å²) in [5.74, 6) is 2.96. The number of ether oxygens (including phenoxy) is 5. The highest BCUT2D eigenvalue weighted by molar-refractivity contribution is 5.58. The van der Waals surface area contributed by atoms with E-state index in [1.807, 2.05) is 24.3 Å². The van der Waals surface area contributed by atoms with Crippen LogP contribution in [0.5, 0.6) is 28.7 Å². The van der Waals surface area contributed by atoms with Gasteiger partial charge in [-0.3, -0.25) is 0 Å². The highest BCUT2D eigenvalue weighted by Crippen LogP contribution is 2.47. The molecule has 4 rings (SSSR count). The molecule has 138 valence electrons. The Morgan fingerprint density at radius 1 is 0.923 bits per heavy atom. The highest BCUT2D eigenvalue weighted by atomic mass is 16.7. The second-order valence-corrected chi connectivity index (χ2v) is 6.45. The monoisotopic (exact) mass is 358 g/mol. The van der Waals surface area contributed by atoms with Gasteiger partial charge in [-0.2, -0.15) is 0 Å². The molecule has 6 heteroatoms. The van der Waals surface area contributed by atoms with E-state index in [2.05, 4.69) is 0 Å². The van der Waals surface area contributed by atoms with Crippen molar-refractivity contribution in [3.05, 3.63) is 41.0 Å². The topological polar surface area (TPSA) is 66.4 Å². The van der Waals surface area contributed by atoms with Crippen molar-refractivity contribution in [1.29, 1.82) is 0 Å². The molecule has 2 atom stereocenters. The van der Waals surface area contributed by atoms with Gasteiger partial charge in [-0.15, -0.1) is 0 Å². The molecule has 2 aromatic carbocycles. The largest absolute Gasteiger partial charge is 0.493 e. The molecule has 1 heterocycles. The Labute approximate surface area is 152 Å². The molecular weight excluding hydrogens is 336 g/mol. The Hall–Kier alpha value is -2.60. The number of aliphatic hydroxyl groups is 1. The zero-order valence-corrected chi connectivity index (χ0v) is 15.1. The first-order valence-corrected chi connectivity index (χ1v) is 8.56. The molecular formula is C20H22O6. The van der Waals surface area contributed by atoms with Crippen molar-refractivity contribution < 1.29 is 28.8 Å². The fraction of sp³-hybridized carbons (Fsp3) is 0.400. The molecule has 0 radical (unpaired) electrons. The third-order valence-electron chi connectivity index (χ3n) is 5.11. The van der Waals surface area contributed by atoms with Gasteiger partial charge in [-0.05, 0) is 53.8 Å². The zero-order chi connectivity index (χ0) is 18.3. The van der Waals surface area contributed by atoms with Crippen molar-refractivity contribution in [1.82, 2.24) is 0 Å². The van der Waals surface area contributed by atoms with Gasteiger partial charge in [0.25, 0.3) is 0 Å². The average Bonchev–Trinajstić information content (AvgIpc) is 3.12. The van der Waals surface area contributed by atoms with Crippen molar-refractivity contribution in [2.45, 2.75) is 24.9 Å². The molecule has 0 aromatic heterocycles. The fourth-order valence-electron chi connectivity index (χ4n) is 3.87. The van der Waals surface area contributed by atoms with Gasteiger partial charge in [0.2, 0.25) is 12.5 Å². The van der Waals surface area contributed by atoms with E-state index in [1.165, 1.54) is 5.56 Å². The summed E-state index contributed by atoms with van der Waals surface area (Å²) in [5.41, 5.74) is 3.12. The molecule has 2 unspecified atom stereocenters. The van der Waals surface area contributed by atoms with E-state index in [4.69, 9.17) is 23.7 Å². The van der Waals surface area contributed by atoms with Gasteiger partial charge in [0.05, 0.1) is 27.4 Å². The van der Waals surface area contributed by atoms with Gasteiger partial charge in [-0.1, -0.05) is 0 Å². The molecule has 2 aromatic rings. The predicted octanol–water partition coefficient (Wildman–Crippen LogP) is 2.88. The summed E-state index contributed by atoms with van der Waals surface area (Å²) in [6.45, 7) is 0.232. The summed E-state index contributed by atoms with van der Waals surface area (Å²) in [5, 5.41) is 10.8. The van der Waals surface area contributed by atoms with E-state index in [1.54, 1.807) is 21.3 Å². The van der Waals surface area contributed by atoms with Crippen LogP contribution in [0.4, 0.5) is 0 Å². The summed E-state index contributed by atoms with van der Waals surface area (Å²) in [7, 11) is 4.75. The maximum absolute atomic E-state index is 10.8. The van der Waals surface area contributed by atoms with Crippen LogP contribution in [0.25, 0.3) is 0 Å². The molecule has 0 spiro atoms. The second-order valence-electron chi connectivity index (χ2n) is 6.45. The minimum Gasteiger partial charge on any atom is -0.493 e. The van der Waals surface area contributed by atoms with Crippen molar-refractivity contribution in [2.75, 3.05) is 28.1 Å². The van der Waals surface area contributed by atoms with Crippen molar-refractivity contribution in [2.24, 2.45) is 0 Å². The Kier molecular flexibility index (Phi) is 4.28. The smallest absolute Gasteiger partial charge is 0.231 e. The Balaban J connectivity index is 1.86. The number of hydrogen-bond donors (Lipinski definition) is 1. The number of methoxy groups -OCH3 is 3. The quantitative estimate of drug-likeness (QED) is 0.907. The summed E-state index contributed by atoms with van der Waals surface area (Å²) < 4.78 is 27.4. The standard InChI is InChI=1S/C20H22O6/c1-22-17-7-12(8-18(23-2)20(17)24-3)19-13-9-16-15(25-10-26-16)6-11(13)4-5-14(19)21/h6-9,14,19,21H,4-5,10H2,1-3H3. The van der Waals surface area contributed by atoms with Crippen LogP contribution < -0.4 is 23.7 Å². The Morgan fingerprint density at radius 2 is 1.58 bits per heavy atom. The Bertz CT molecular complexity index is 806. The van der Waals surface area contributed by atoms with Crippen molar-refractivity contribution >= 4 is 0 Å². The van der Waals surface area contributed by atoms with E-state index in [-0.39, 0.29) is 12.7 Å². The van der Waals surface area contributed by atoms with E-state index >= 15 is 0 Å². The maximum atomic E-state index is 10.8. The number of rotatable bonds is 4. The first-order valence-electron chi connectivity index (χ1n) is 8.56. The minimum atomic E-state index is -0.509. The molecule has 0 saturated heterocycles. The van der Waals surface area contributed by atoms with Gasteiger partial charge in [-0.25, -0.2) is 0 Å². The third-order valence-corrected chi connectivity index (χ3v) is 5.11. The summed E-state index contributed by atoms with van der Waals surface area (Å²) in [6.07, 6.45) is 0.966. The molecule has 2 aliphatic rings. The molecule has 26 heavy (non-hydrogen) atoms. The highest BCUT2D eigenvalue weighted by Gasteiger charge is 2.33. The molecule has 1 aliphatic heterocycles. The lowest BCUT2D eigenvalue weighted by molar-refractivity contribution is 0.139. The second kappa shape index (κ2) is 6.61. The van der Waals surface area contributed by atoms with E-state index in [0.717, 1.165) is 29.0 Å². The molecule has 0 bridgehead atoms. The number of hydrogen-bond acceptors (Lipinski definition) is 6. The SMILES string of the molecule is COc1cc(C2c3cc4c(cc3CCC2O)OCO4)cc(OC)c1OC. The normalized spacial score (nSPS) is 20.5. The minimum absolute atomic E-state index is 0.207. The Morgan fingerprint density at radius 3 is 2.19 bits per heavy atom. The van der Waals surface area contributed by atoms with Gasteiger partial charge >= 0.3 is 0 Å². The number of fused-ring (bicyclic) bond motifs is 2. The van der Waals surface area contributed by atoms with Gasteiger partial charge < -0.3 is 28.8 Å². The molecule has 1 aliphatic carbocycles. The lowest BCUT2D eigenvalue weighted by Crippen LogP contribution is -2.26. The maximum Gasteiger partial charge on any atom is 0.231 e. The van der Waals surface area contributed by atoms with Crippen molar-refractivity contribution in [3.63, 3.8) is 0 Å².